The zero-order chi connectivity index (χ0) is 17.2. The molecule has 0 saturated heterocycles. The molecule has 0 aliphatic carbocycles. The first-order valence-electron chi connectivity index (χ1n) is 9.73. The van der Waals surface area contributed by atoms with Crippen LogP contribution in [0, 0.1) is 0 Å². The van der Waals surface area contributed by atoms with Gasteiger partial charge in [0, 0.05) is 0 Å². The first kappa shape index (κ1) is 31.3. The Kier molecular flexibility index (Phi) is 29.6. The fourth-order valence-corrected chi connectivity index (χ4v) is 3.18. The molecule has 25 heavy (non-hydrogen) atoms. The third-order valence-electron chi connectivity index (χ3n) is 4.25. The summed E-state index contributed by atoms with van der Waals surface area (Å²) in [4.78, 5) is 20.5. The monoisotopic (exact) mass is 562 g/mol. The van der Waals surface area contributed by atoms with E-state index in [1.807, 2.05) is 0 Å². The minimum absolute atomic E-state index is 0. The van der Waals surface area contributed by atoms with E-state index in [1.165, 1.54) is 83.5 Å². The molecule has 160 valence electrons. The van der Waals surface area contributed by atoms with Gasteiger partial charge in [0.15, 0.2) is 0 Å². The molecular formula is C18H37Ag2O4P. The largest absolute Gasteiger partial charge is 1.00 e. The first-order valence-corrected chi connectivity index (χ1v) is 11.2. The summed E-state index contributed by atoms with van der Waals surface area (Å²) in [6, 6.07) is 0. The van der Waals surface area contributed by atoms with Crippen LogP contribution in [0.2, 0.25) is 0 Å². The van der Waals surface area contributed by atoms with Gasteiger partial charge in [0.05, 0.1) is 14.4 Å². The number of rotatable bonds is 18. The predicted molar refractivity (Wildman–Crippen MR) is 93.1 cm³/mol. The van der Waals surface area contributed by atoms with Crippen molar-refractivity contribution in [2.75, 3.05) is 6.61 Å². The quantitative estimate of drug-likeness (QED) is 0.132. The second kappa shape index (κ2) is 23.6. The maximum Gasteiger partial charge on any atom is 1.00 e. The van der Waals surface area contributed by atoms with Gasteiger partial charge in [-0.25, -0.2) is 0 Å². The van der Waals surface area contributed by atoms with E-state index in [2.05, 4.69) is 11.4 Å². The van der Waals surface area contributed by atoms with Gasteiger partial charge in [-0.3, -0.25) is 0 Å². The van der Waals surface area contributed by atoms with Crippen molar-refractivity contribution < 1.29 is 63.6 Å². The first-order chi connectivity index (χ1) is 11.1. The predicted octanol–water partition coefficient (Wildman–Crippen LogP) is 5.09. The van der Waals surface area contributed by atoms with Crippen molar-refractivity contribution in [3.05, 3.63) is 0 Å². The van der Waals surface area contributed by atoms with E-state index in [9.17, 15) is 14.4 Å². The Labute approximate surface area is 186 Å². The van der Waals surface area contributed by atoms with Gasteiger partial charge in [-0.15, -0.1) is 0 Å². The molecule has 0 fully saturated rings. The summed E-state index contributed by atoms with van der Waals surface area (Å²) in [5, 5.41) is 0. The average molecular weight is 564 g/mol. The molecule has 0 heterocycles. The Morgan fingerprint density at radius 3 is 1.16 bits per heavy atom. The van der Waals surface area contributed by atoms with Gasteiger partial charge < -0.3 is 18.9 Å². The molecule has 0 aliphatic rings. The second-order valence-corrected chi connectivity index (χ2v) is 7.74. The van der Waals surface area contributed by atoms with E-state index in [4.69, 9.17) is 0 Å². The molecule has 4 nitrogen and oxygen atoms in total. The van der Waals surface area contributed by atoms with Crippen LogP contribution in [0.5, 0.6) is 0 Å². The van der Waals surface area contributed by atoms with Crippen molar-refractivity contribution in [1.82, 2.24) is 0 Å². The van der Waals surface area contributed by atoms with Crippen molar-refractivity contribution in [1.29, 1.82) is 0 Å². The van der Waals surface area contributed by atoms with E-state index in [0.717, 1.165) is 12.8 Å². The van der Waals surface area contributed by atoms with Gasteiger partial charge in [0.2, 0.25) is 0 Å². The zero-order valence-electron chi connectivity index (χ0n) is 15.7. The molecule has 7 heteroatoms. The summed E-state index contributed by atoms with van der Waals surface area (Å²) < 4.78 is 14.4. The number of unbranched alkanes of at least 4 members (excludes halogenated alkanes) is 15. The second-order valence-electron chi connectivity index (χ2n) is 6.58. The molecule has 0 aliphatic heterocycles. The van der Waals surface area contributed by atoms with E-state index in [1.54, 1.807) is 0 Å². The third-order valence-corrected chi connectivity index (χ3v) is 4.75. The van der Waals surface area contributed by atoms with Gasteiger partial charge in [0.25, 0.3) is 0 Å². The SMILES string of the molecule is CCCCCCCCCCCCCCCCCCOP(=O)([O-])[O-].[Ag+].[Ag+]. The molecular weight excluding hydrogens is 527 g/mol. The molecule has 0 radical (unpaired) electrons. The van der Waals surface area contributed by atoms with Crippen LogP contribution in [0.4, 0.5) is 0 Å². The summed E-state index contributed by atoms with van der Waals surface area (Å²) >= 11 is 0. The van der Waals surface area contributed by atoms with Crippen LogP contribution in [0.15, 0.2) is 0 Å². The molecule has 0 amide bonds. The fraction of sp³-hybridized carbons (Fsp3) is 1.00. The Balaban J connectivity index is -0.00000242. The molecule has 0 spiro atoms. The van der Waals surface area contributed by atoms with Gasteiger partial charge in [-0.05, 0) is 6.42 Å². The number of phosphoric acid groups is 1. The Hall–Kier alpha value is 1.59. The molecule has 0 aromatic rings. The summed E-state index contributed by atoms with van der Waals surface area (Å²) in [7, 11) is -4.76. The minimum Gasteiger partial charge on any atom is -0.790 e. The molecule has 0 saturated carbocycles. The summed E-state index contributed by atoms with van der Waals surface area (Å²) in [5.74, 6) is 0. The topological polar surface area (TPSA) is 72.4 Å². The smallest absolute Gasteiger partial charge is 0.790 e. The van der Waals surface area contributed by atoms with Crippen LogP contribution >= 0.6 is 7.82 Å². The van der Waals surface area contributed by atoms with Gasteiger partial charge in [-0.2, -0.15) is 0 Å². The van der Waals surface area contributed by atoms with E-state index in [-0.39, 0.29) is 51.4 Å². The normalized spacial score (nSPS) is 11.0. The number of hydrogen-bond acceptors (Lipinski definition) is 4. The molecule has 0 atom stereocenters. The van der Waals surface area contributed by atoms with Crippen LogP contribution < -0.4 is 9.79 Å². The standard InChI is InChI=1S/C18H39O4P.2Ag/c1-2-3-4-5-6-7-8-9-10-11-12-13-14-15-16-17-18-22-23(19,20)21;;/h2-18H2,1H3,(H2,19,20,21);;/q;2*+1/p-2. The molecule has 0 N–H and O–H groups in total. The number of phosphoric ester groups is 1. The third kappa shape index (κ3) is 30.6. The summed E-state index contributed by atoms with van der Waals surface area (Å²) in [6.45, 7) is 2.30. The maximum absolute atomic E-state index is 10.2. The molecule has 0 rings (SSSR count). The van der Waals surface area contributed by atoms with Gasteiger partial charge in [0.1, 0.15) is 0 Å². The van der Waals surface area contributed by atoms with E-state index in [0.29, 0.717) is 6.42 Å². The zero-order valence-corrected chi connectivity index (χ0v) is 19.6. The summed E-state index contributed by atoms with van der Waals surface area (Å²) in [5.41, 5.74) is 0. The number of hydrogen-bond donors (Lipinski definition) is 0. The molecule has 0 aromatic heterocycles. The van der Waals surface area contributed by atoms with Crippen molar-refractivity contribution >= 4 is 7.82 Å². The minimum atomic E-state index is -4.76. The van der Waals surface area contributed by atoms with Crippen LogP contribution in [-0.4, -0.2) is 6.61 Å². The van der Waals surface area contributed by atoms with Crippen molar-refractivity contribution in [2.24, 2.45) is 0 Å². The Bertz CT molecular complexity index is 288. The summed E-state index contributed by atoms with van der Waals surface area (Å²) in [6.07, 6.45) is 20.3. The molecule has 0 bridgehead atoms. The Morgan fingerprint density at radius 1 is 0.600 bits per heavy atom. The molecule has 0 aromatic carbocycles. The van der Waals surface area contributed by atoms with Gasteiger partial charge >= 0.3 is 44.8 Å². The van der Waals surface area contributed by atoms with Gasteiger partial charge in [-0.1, -0.05) is 103 Å². The van der Waals surface area contributed by atoms with Crippen molar-refractivity contribution in [2.45, 2.75) is 110 Å². The van der Waals surface area contributed by atoms with Crippen molar-refractivity contribution in [3.8, 4) is 0 Å². The van der Waals surface area contributed by atoms with E-state index >= 15 is 0 Å². The average Bonchev–Trinajstić information content (AvgIpc) is 2.49. The van der Waals surface area contributed by atoms with E-state index < -0.39 is 7.82 Å². The fourth-order valence-electron chi connectivity index (χ4n) is 2.83. The van der Waals surface area contributed by atoms with Crippen molar-refractivity contribution in [3.63, 3.8) is 0 Å². The maximum atomic E-state index is 10.2. The van der Waals surface area contributed by atoms with Crippen LogP contribution in [0.1, 0.15) is 110 Å². The van der Waals surface area contributed by atoms with Crippen LogP contribution in [-0.2, 0) is 53.8 Å². The van der Waals surface area contributed by atoms with Crippen LogP contribution in [0.3, 0.4) is 0 Å². The molecule has 0 unspecified atom stereocenters. The van der Waals surface area contributed by atoms with Crippen LogP contribution in [0.25, 0.3) is 0 Å². The Morgan fingerprint density at radius 2 is 0.880 bits per heavy atom.